The highest BCUT2D eigenvalue weighted by atomic mass is 19.3. The molecule has 7 heteroatoms. The van der Waals surface area contributed by atoms with E-state index in [0.29, 0.717) is 0 Å². The molecule has 1 aromatic rings. The number of hydrogen-bond donors (Lipinski definition) is 2. The molecular formula is C7H8BF2NO3. The second kappa shape index (κ2) is 4.34. The minimum atomic E-state index is -2.85. The molecule has 2 N–H and O–H groups in total. The number of ether oxygens (including phenoxy) is 1. The normalized spacial score (nSPS) is 10.4. The molecule has 0 bridgehead atoms. The first-order valence-electron chi connectivity index (χ1n) is 3.74. The standard InChI is InChI=1S/C7H8BF2NO3/c1-14-4-2-5(8(12)13)6(7(9)10)11-3-4/h2-3,7,12-13H,1H3. The fourth-order valence-electron chi connectivity index (χ4n) is 0.973. The fraction of sp³-hybridized carbons (Fsp3) is 0.286. The van der Waals surface area contributed by atoms with Crippen molar-refractivity contribution in [2.45, 2.75) is 6.43 Å². The van der Waals surface area contributed by atoms with E-state index in [2.05, 4.69) is 4.98 Å². The van der Waals surface area contributed by atoms with Crippen molar-refractivity contribution in [3.8, 4) is 5.75 Å². The lowest BCUT2D eigenvalue weighted by Crippen LogP contribution is -2.34. The maximum atomic E-state index is 12.3. The Morgan fingerprint density at radius 3 is 2.57 bits per heavy atom. The summed E-state index contributed by atoms with van der Waals surface area (Å²) in [7, 11) is -0.659. The summed E-state index contributed by atoms with van der Waals surface area (Å²) >= 11 is 0. The van der Waals surface area contributed by atoms with Crippen molar-refractivity contribution in [3.05, 3.63) is 18.0 Å². The fourth-order valence-corrected chi connectivity index (χ4v) is 0.973. The summed E-state index contributed by atoms with van der Waals surface area (Å²) in [6, 6.07) is 1.11. The van der Waals surface area contributed by atoms with Gasteiger partial charge >= 0.3 is 7.12 Å². The SMILES string of the molecule is COc1cnc(C(F)F)c(B(O)O)c1. The van der Waals surface area contributed by atoms with Crippen molar-refractivity contribution >= 4 is 12.6 Å². The molecular weight excluding hydrogens is 195 g/mol. The van der Waals surface area contributed by atoms with E-state index in [1.54, 1.807) is 0 Å². The van der Waals surface area contributed by atoms with Gasteiger partial charge in [0.15, 0.2) is 0 Å². The van der Waals surface area contributed by atoms with Crippen molar-refractivity contribution in [3.63, 3.8) is 0 Å². The number of nitrogens with zero attached hydrogens (tertiary/aromatic N) is 1. The van der Waals surface area contributed by atoms with E-state index in [9.17, 15) is 8.78 Å². The zero-order valence-corrected chi connectivity index (χ0v) is 7.32. The van der Waals surface area contributed by atoms with Gasteiger partial charge in [-0.1, -0.05) is 0 Å². The average molecular weight is 203 g/mol. The van der Waals surface area contributed by atoms with Crippen molar-refractivity contribution in [2.75, 3.05) is 7.11 Å². The van der Waals surface area contributed by atoms with Crippen molar-refractivity contribution in [2.24, 2.45) is 0 Å². The number of alkyl halides is 2. The first-order valence-corrected chi connectivity index (χ1v) is 3.74. The third kappa shape index (κ3) is 2.18. The van der Waals surface area contributed by atoms with Crippen LogP contribution in [0.4, 0.5) is 8.78 Å². The first-order chi connectivity index (χ1) is 6.56. The van der Waals surface area contributed by atoms with Crippen LogP contribution in [0.2, 0.25) is 0 Å². The molecule has 0 aromatic carbocycles. The van der Waals surface area contributed by atoms with Crippen LogP contribution in [0.15, 0.2) is 12.3 Å². The van der Waals surface area contributed by atoms with Gasteiger partial charge in [0.1, 0.15) is 11.4 Å². The average Bonchev–Trinajstić information content (AvgIpc) is 2.16. The van der Waals surface area contributed by atoms with Gasteiger partial charge in [-0.15, -0.1) is 0 Å². The number of rotatable bonds is 3. The zero-order valence-electron chi connectivity index (χ0n) is 7.32. The lowest BCUT2D eigenvalue weighted by molar-refractivity contribution is 0.146. The molecule has 0 fully saturated rings. The summed E-state index contributed by atoms with van der Waals surface area (Å²) in [6.45, 7) is 0. The van der Waals surface area contributed by atoms with Crippen LogP contribution < -0.4 is 10.2 Å². The first kappa shape index (κ1) is 10.9. The summed E-state index contributed by atoms with van der Waals surface area (Å²) in [4.78, 5) is 3.38. The quantitative estimate of drug-likeness (QED) is 0.662. The smallest absolute Gasteiger partial charge is 0.490 e. The number of pyridine rings is 1. The van der Waals surface area contributed by atoms with Gasteiger partial charge in [-0.25, -0.2) is 8.78 Å². The monoisotopic (exact) mass is 203 g/mol. The second-order valence-electron chi connectivity index (χ2n) is 2.52. The number of aromatic nitrogens is 1. The van der Waals surface area contributed by atoms with E-state index in [0.717, 1.165) is 12.3 Å². The Balaban J connectivity index is 3.17. The molecule has 1 aromatic heterocycles. The minimum absolute atomic E-state index is 0.192. The van der Waals surface area contributed by atoms with Crippen LogP contribution >= 0.6 is 0 Å². The van der Waals surface area contributed by atoms with E-state index in [-0.39, 0.29) is 11.2 Å². The molecule has 0 aliphatic rings. The summed E-state index contributed by atoms with van der Waals surface area (Å²) in [6.07, 6.45) is -1.76. The number of halogens is 2. The summed E-state index contributed by atoms with van der Waals surface area (Å²) < 4.78 is 29.3. The van der Waals surface area contributed by atoms with Gasteiger partial charge in [-0.2, -0.15) is 0 Å². The van der Waals surface area contributed by atoms with Gasteiger partial charge in [0, 0.05) is 5.46 Å². The Labute approximate surface area is 79.3 Å². The maximum absolute atomic E-state index is 12.3. The summed E-state index contributed by atoms with van der Waals surface area (Å²) in [5.74, 6) is 0.192. The van der Waals surface area contributed by atoms with E-state index in [1.807, 2.05) is 0 Å². The van der Waals surface area contributed by atoms with E-state index < -0.39 is 19.2 Å². The molecule has 76 valence electrons. The molecule has 0 unspecified atom stereocenters. The molecule has 0 atom stereocenters. The molecule has 0 aliphatic carbocycles. The lowest BCUT2D eigenvalue weighted by atomic mass is 9.79. The Hall–Kier alpha value is -1.21. The molecule has 4 nitrogen and oxygen atoms in total. The van der Waals surface area contributed by atoms with Crippen LogP contribution in [0, 0.1) is 0 Å². The van der Waals surface area contributed by atoms with Gasteiger partial charge in [0.25, 0.3) is 6.43 Å². The lowest BCUT2D eigenvalue weighted by Gasteiger charge is -2.08. The predicted octanol–water partition coefficient (Wildman–Crippen LogP) is -0.292. The molecule has 0 saturated heterocycles. The summed E-state index contributed by atoms with van der Waals surface area (Å²) in [5, 5.41) is 17.6. The van der Waals surface area contributed by atoms with Crippen molar-refractivity contribution in [1.29, 1.82) is 0 Å². The van der Waals surface area contributed by atoms with Gasteiger partial charge in [0.2, 0.25) is 0 Å². The van der Waals surface area contributed by atoms with Crippen LogP contribution in [0.3, 0.4) is 0 Å². The highest BCUT2D eigenvalue weighted by molar-refractivity contribution is 6.59. The topological polar surface area (TPSA) is 62.6 Å². The Kier molecular flexibility index (Phi) is 3.37. The zero-order chi connectivity index (χ0) is 10.7. The number of methoxy groups -OCH3 is 1. The molecule has 1 rings (SSSR count). The highest BCUT2D eigenvalue weighted by Crippen LogP contribution is 2.17. The van der Waals surface area contributed by atoms with Crippen LogP contribution in [0.1, 0.15) is 12.1 Å². The molecule has 0 amide bonds. The van der Waals surface area contributed by atoms with E-state index in [1.165, 1.54) is 7.11 Å². The molecule has 0 spiro atoms. The molecule has 0 aliphatic heterocycles. The number of hydrogen-bond acceptors (Lipinski definition) is 4. The molecule has 14 heavy (non-hydrogen) atoms. The van der Waals surface area contributed by atoms with E-state index in [4.69, 9.17) is 14.8 Å². The largest absolute Gasteiger partial charge is 0.495 e. The van der Waals surface area contributed by atoms with Crippen molar-refractivity contribution < 1.29 is 23.6 Å². The van der Waals surface area contributed by atoms with Crippen LogP contribution in [0.5, 0.6) is 5.75 Å². The third-order valence-electron chi connectivity index (χ3n) is 1.64. The minimum Gasteiger partial charge on any atom is -0.495 e. The predicted molar refractivity (Wildman–Crippen MR) is 45.6 cm³/mol. The maximum Gasteiger partial charge on any atom is 0.490 e. The molecule has 1 heterocycles. The second-order valence-corrected chi connectivity index (χ2v) is 2.52. The van der Waals surface area contributed by atoms with Crippen LogP contribution in [-0.4, -0.2) is 29.3 Å². The Morgan fingerprint density at radius 2 is 2.14 bits per heavy atom. The van der Waals surface area contributed by atoms with Gasteiger partial charge in [-0.05, 0) is 6.07 Å². The van der Waals surface area contributed by atoms with Gasteiger partial charge in [-0.3, -0.25) is 4.98 Å². The molecule has 0 saturated carbocycles. The van der Waals surface area contributed by atoms with Crippen LogP contribution in [-0.2, 0) is 0 Å². The van der Waals surface area contributed by atoms with Crippen LogP contribution in [0.25, 0.3) is 0 Å². The van der Waals surface area contributed by atoms with Crippen molar-refractivity contribution in [1.82, 2.24) is 4.98 Å². The summed E-state index contributed by atoms with van der Waals surface area (Å²) in [5.41, 5.74) is -1.000. The van der Waals surface area contributed by atoms with Gasteiger partial charge in [0.05, 0.1) is 13.3 Å². The highest BCUT2D eigenvalue weighted by Gasteiger charge is 2.23. The molecule has 0 radical (unpaired) electrons. The Bertz CT molecular complexity index is 322. The van der Waals surface area contributed by atoms with E-state index >= 15 is 0 Å². The van der Waals surface area contributed by atoms with Gasteiger partial charge < -0.3 is 14.8 Å². The third-order valence-corrected chi connectivity index (χ3v) is 1.64. The Morgan fingerprint density at radius 1 is 1.50 bits per heavy atom.